The molecular formula is C23H27N4O2+. The van der Waals surface area contributed by atoms with Crippen LogP contribution in [-0.4, -0.2) is 65.0 Å². The van der Waals surface area contributed by atoms with E-state index in [-0.39, 0.29) is 12.5 Å². The minimum absolute atomic E-state index is 0.0201. The second kappa shape index (κ2) is 8.59. The summed E-state index contributed by atoms with van der Waals surface area (Å²) in [7, 11) is 0. The number of para-hydroxylation sites is 1. The number of piperazine rings is 1. The number of amides is 1. The number of hydrogen-bond donors (Lipinski definition) is 2. The lowest BCUT2D eigenvalue weighted by Crippen LogP contribution is -3.15. The molecule has 0 atom stereocenters. The number of aryl methyl sites for hydroxylation is 1. The summed E-state index contributed by atoms with van der Waals surface area (Å²) >= 11 is 0. The van der Waals surface area contributed by atoms with Crippen LogP contribution >= 0.6 is 0 Å². The van der Waals surface area contributed by atoms with Gasteiger partial charge in [0, 0.05) is 11.8 Å². The average Bonchev–Trinajstić information content (AvgIpc) is 3.20. The van der Waals surface area contributed by atoms with E-state index in [4.69, 9.17) is 10.2 Å². The third-order valence-electron chi connectivity index (χ3n) is 5.48. The Bertz CT molecular complexity index is 976. The van der Waals surface area contributed by atoms with Crippen LogP contribution < -0.4 is 4.90 Å². The number of nitrogens with one attached hydrogen (secondary N) is 1. The van der Waals surface area contributed by atoms with Crippen LogP contribution in [0.5, 0.6) is 0 Å². The topological polar surface area (TPSA) is 62.8 Å². The number of benzene rings is 2. The molecule has 0 bridgehead atoms. The molecule has 0 spiro atoms. The molecule has 150 valence electrons. The van der Waals surface area contributed by atoms with E-state index in [9.17, 15) is 4.79 Å². The quantitative estimate of drug-likeness (QED) is 0.687. The van der Waals surface area contributed by atoms with Crippen molar-refractivity contribution in [2.45, 2.75) is 6.92 Å². The zero-order valence-electron chi connectivity index (χ0n) is 16.7. The smallest absolute Gasteiger partial charge is 0.258 e. The molecule has 0 unspecified atom stereocenters. The summed E-state index contributed by atoms with van der Waals surface area (Å²) in [6, 6.07) is 18.0. The molecule has 1 fully saturated rings. The minimum atomic E-state index is 0.0201. The standard InChI is InChI=1S/C23H26N4O2/c1-18-6-5-7-19(16-18)22-21(17-27(24-22)20-8-3-2-4-9-20)23(29)26-12-10-25(11-13-26)14-15-28/h2-9,16-17,28H,10-15H2,1H3/p+1. The molecule has 2 heterocycles. The van der Waals surface area contributed by atoms with Crippen molar-refractivity contribution in [3.63, 3.8) is 0 Å². The van der Waals surface area contributed by atoms with Gasteiger partial charge >= 0.3 is 0 Å². The van der Waals surface area contributed by atoms with Gasteiger partial charge in [0.15, 0.2) is 0 Å². The summed E-state index contributed by atoms with van der Waals surface area (Å²) in [6.07, 6.45) is 1.85. The monoisotopic (exact) mass is 391 g/mol. The van der Waals surface area contributed by atoms with E-state index in [1.807, 2.05) is 66.6 Å². The molecule has 4 rings (SSSR count). The van der Waals surface area contributed by atoms with Crippen molar-refractivity contribution in [1.29, 1.82) is 0 Å². The molecular weight excluding hydrogens is 364 g/mol. The molecule has 6 heteroatoms. The molecule has 0 radical (unpaired) electrons. The molecule has 1 aliphatic heterocycles. The second-order valence-corrected chi connectivity index (χ2v) is 7.56. The van der Waals surface area contributed by atoms with Gasteiger partial charge in [-0.05, 0) is 25.1 Å². The Morgan fingerprint density at radius 3 is 2.55 bits per heavy atom. The number of quaternary nitrogens is 1. The van der Waals surface area contributed by atoms with Crippen molar-refractivity contribution in [1.82, 2.24) is 14.7 Å². The molecule has 2 N–H and O–H groups in total. The number of carbonyl (C=O) groups excluding carboxylic acids is 1. The lowest BCUT2D eigenvalue weighted by atomic mass is 10.0. The Hall–Kier alpha value is -2.96. The van der Waals surface area contributed by atoms with Crippen molar-refractivity contribution in [3.05, 3.63) is 71.9 Å². The van der Waals surface area contributed by atoms with Crippen LogP contribution in [-0.2, 0) is 0 Å². The van der Waals surface area contributed by atoms with E-state index in [2.05, 4.69) is 6.07 Å². The zero-order valence-corrected chi connectivity index (χ0v) is 16.7. The molecule has 1 aliphatic rings. The first-order chi connectivity index (χ1) is 14.2. The van der Waals surface area contributed by atoms with Gasteiger partial charge in [0.25, 0.3) is 5.91 Å². The minimum Gasteiger partial charge on any atom is -0.391 e. The van der Waals surface area contributed by atoms with Crippen molar-refractivity contribution < 1.29 is 14.8 Å². The van der Waals surface area contributed by atoms with Gasteiger partial charge in [0.05, 0.1) is 44.0 Å². The Morgan fingerprint density at radius 2 is 1.86 bits per heavy atom. The lowest BCUT2D eigenvalue weighted by molar-refractivity contribution is -0.904. The predicted octanol–water partition coefficient (Wildman–Crippen LogP) is 1.18. The molecule has 2 aromatic carbocycles. The summed E-state index contributed by atoms with van der Waals surface area (Å²) in [5, 5.41) is 13.9. The van der Waals surface area contributed by atoms with E-state index < -0.39 is 0 Å². The maximum absolute atomic E-state index is 13.4. The highest BCUT2D eigenvalue weighted by molar-refractivity contribution is 6.00. The summed E-state index contributed by atoms with van der Waals surface area (Å²) in [5.41, 5.74) is 4.36. The Labute approximate surface area is 171 Å². The van der Waals surface area contributed by atoms with E-state index in [0.717, 1.165) is 36.4 Å². The molecule has 1 amide bonds. The van der Waals surface area contributed by atoms with Crippen LogP contribution in [0.4, 0.5) is 0 Å². The maximum atomic E-state index is 13.4. The van der Waals surface area contributed by atoms with Gasteiger partial charge in [-0.2, -0.15) is 5.10 Å². The Morgan fingerprint density at radius 1 is 1.10 bits per heavy atom. The molecule has 1 aromatic heterocycles. The molecule has 29 heavy (non-hydrogen) atoms. The van der Waals surface area contributed by atoms with E-state index in [1.54, 1.807) is 4.68 Å². The summed E-state index contributed by atoms with van der Waals surface area (Å²) in [4.78, 5) is 16.7. The van der Waals surface area contributed by atoms with Gasteiger partial charge < -0.3 is 14.9 Å². The Balaban J connectivity index is 1.68. The SMILES string of the molecule is Cc1cccc(-c2nn(-c3ccccc3)cc2C(=O)N2CC[NH+](CCO)CC2)c1. The van der Waals surface area contributed by atoms with Gasteiger partial charge in [-0.3, -0.25) is 4.79 Å². The van der Waals surface area contributed by atoms with Crippen molar-refractivity contribution in [3.8, 4) is 16.9 Å². The van der Waals surface area contributed by atoms with Gasteiger partial charge in [-0.15, -0.1) is 0 Å². The number of aliphatic hydroxyl groups excluding tert-OH is 1. The maximum Gasteiger partial charge on any atom is 0.258 e. The first-order valence-electron chi connectivity index (χ1n) is 10.1. The van der Waals surface area contributed by atoms with Crippen molar-refractivity contribution in [2.75, 3.05) is 39.3 Å². The highest BCUT2D eigenvalue weighted by Crippen LogP contribution is 2.26. The van der Waals surface area contributed by atoms with E-state index >= 15 is 0 Å². The van der Waals surface area contributed by atoms with Crippen LogP contribution in [0, 0.1) is 6.92 Å². The van der Waals surface area contributed by atoms with E-state index in [0.29, 0.717) is 24.3 Å². The van der Waals surface area contributed by atoms with Gasteiger partial charge in [0.1, 0.15) is 12.2 Å². The number of carbonyl (C=O) groups is 1. The molecule has 6 nitrogen and oxygen atoms in total. The second-order valence-electron chi connectivity index (χ2n) is 7.56. The normalized spacial score (nSPS) is 14.9. The summed E-state index contributed by atoms with van der Waals surface area (Å²) < 4.78 is 1.79. The number of aliphatic hydroxyl groups is 1. The van der Waals surface area contributed by atoms with Crippen LogP contribution in [0.2, 0.25) is 0 Å². The third-order valence-corrected chi connectivity index (χ3v) is 5.48. The van der Waals surface area contributed by atoms with Crippen LogP contribution in [0.3, 0.4) is 0 Å². The van der Waals surface area contributed by atoms with Crippen LogP contribution in [0.25, 0.3) is 16.9 Å². The molecule has 1 saturated heterocycles. The fraction of sp³-hybridized carbons (Fsp3) is 0.304. The van der Waals surface area contributed by atoms with Gasteiger partial charge in [0.2, 0.25) is 0 Å². The largest absolute Gasteiger partial charge is 0.391 e. The van der Waals surface area contributed by atoms with Gasteiger partial charge in [-0.25, -0.2) is 4.68 Å². The predicted molar refractivity (Wildman–Crippen MR) is 112 cm³/mol. The fourth-order valence-electron chi connectivity index (χ4n) is 3.85. The van der Waals surface area contributed by atoms with E-state index in [1.165, 1.54) is 4.90 Å². The number of nitrogens with zero attached hydrogens (tertiary/aromatic N) is 3. The summed E-state index contributed by atoms with van der Waals surface area (Å²) in [6.45, 7) is 6.07. The highest BCUT2D eigenvalue weighted by atomic mass is 16.3. The molecule has 3 aromatic rings. The molecule has 0 saturated carbocycles. The third kappa shape index (κ3) is 4.23. The number of hydrogen-bond acceptors (Lipinski definition) is 3. The first kappa shape index (κ1) is 19.4. The van der Waals surface area contributed by atoms with Crippen molar-refractivity contribution >= 4 is 5.91 Å². The number of aromatic nitrogens is 2. The van der Waals surface area contributed by atoms with Crippen molar-refractivity contribution in [2.24, 2.45) is 0 Å². The summed E-state index contributed by atoms with van der Waals surface area (Å²) in [5.74, 6) is 0.0201. The number of rotatable bonds is 5. The fourth-order valence-corrected chi connectivity index (χ4v) is 3.85. The van der Waals surface area contributed by atoms with Crippen LogP contribution in [0.15, 0.2) is 60.8 Å². The zero-order chi connectivity index (χ0) is 20.2. The van der Waals surface area contributed by atoms with Crippen LogP contribution in [0.1, 0.15) is 15.9 Å². The Kier molecular flexibility index (Phi) is 5.74. The highest BCUT2D eigenvalue weighted by Gasteiger charge is 2.28. The first-order valence-corrected chi connectivity index (χ1v) is 10.1. The average molecular weight is 391 g/mol. The lowest BCUT2D eigenvalue weighted by Gasteiger charge is -2.31. The van der Waals surface area contributed by atoms with Gasteiger partial charge in [-0.1, -0.05) is 42.0 Å². The molecule has 0 aliphatic carbocycles.